The van der Waals surface area contributed by atoms with Gasteiger partial charge in [-0.15, -0.1) is 0 Å². The average molecular weight is 376 g/mol. The van der Waals surface area contributed by atoms with E-state index in [1.165, 1.54) is 0 Å². The van der Waals surface area contributed by atoms with Crippen LogP contribution in [0.5, 0.6) is 0 Å². The lowest BCUT2D eigenvalue weighted by molar-refractivity contribution is -0.150. The molecular formula is C24H24O4. The molecule has 4 rings (SSSR count). The van der Waals surface area contributed by atoms with Crippen LogP contribution in [0.15, 0.2) is 54.6 Å². The molecule has 4 nitrogen and oxygen atoms in total. The molecule has 2 saturated carbocycles. The van der Waals surface area contributed by atoms with Gasteiger partial charge >= 0.3 is 5.97 Å². The Balaban J connectivity index is 1.45. The van der Waals surface area contributed by atoms with Crippen molar-refractivity contribution in [3.05, 3.63) is 71.3 Å². The van der Waals surface area contributed by atoms with Gasteiger partial charge in [0.2, 0.25) is 0 Å². The number of ketones is 2. The summed E-state index contributed by atoms with van der Waals surface area (Å²) < 4.78 is 5.40. The highest BCUT2D eigenvalue weighted by molar-refractivity contribution is 6.01. The molecule has 0 aliphatic heterocycles. The van der Waals surface area contributed by atoms with E-state index in [9.17, 15) is 14.4 Å². The third kappa shape index (κ3) is 3.51. The van der Waals surface area contributed by atoms with E-state index in [0.29, 0.717) is 11.1 Å². The molecule has 0 spiro atoms. The first-order valence-corrected chi connectivity index (χ1v) is 9.90. The summed E-state index contributed by atoms with van der Waals surface area (Å²) in [4.78, 5) is 38.2. The van der Waals surface area contributed by atoms with Crippen molar-refractivity contribution in [3.8, 4) is 0 Å². The van der Waals surface area contributed by atoms with Crippen molar-refractivity contribution in [3.63, 3.8) is 0 Å². The van der Waals surface area contributed by atoms with Gasteiger partial charge in [-0.2, -0.15) is 0 Å². The van der Waals surface area contributed by atoms with Crippen LogP contribution < -0.4 is 0 Å². The summed E-state index contributed by atoms with van der Waals surface area (Å²) in [6, 6.07) is 16.4. The van der Waals surface area contributed by atoms with Crippen LogP contribution in [0.3, 0.4) is 0 Å². The van der Waals surface area contributed by atoms with E-state index in [0.717, 1.165) is 24.8 Å². The van der Waals surface area contributed by atoms with E-state index in [1.54, 1.807) is 24.3 Å². The van der Waals surface area contributed by atoms with Crippen LogP contribution in [0, 0.1) is 30.6 Å². The third-order valence-electron chi connectivity index (χ3n) is 6.27. The van der Waals surface area contributed by atoms with Gasteiger partial charge in [-0.1, -0.05) is 60.2 Å². The molecule has 28 heavy (non-hydrogen) atoms. The zero-order valence-electron chi connectivity index (χ0n) is 16.0. The Morgan fingerprint density at radius 1 is 0.857 bits per heavy atom. The highest BCUT2D eigenvalue weighted by Crippen LogP contribution is 2.53. The second kappa shape index (κ2) is 7.70. The van der Waals surface area contributed by atoms with Gasteiger partial charge in [0.15, 0.2) is 18.2 Å². The molecule has 0 amide bonds. The molecule has 4 heteroatoms. The Kier molecular flexibility index (Phi) is 5.12. The van der Waals surface area contributed by atoms with Crippen molar-refractivity contribution in [1.29, 1.82) is 0 Å². The molecule has 144 valence electrons. The number of rotatable bonds is 6. The first-order valence-electron chi connectivity index (χ1n) is 9.90. The van der Waals surface area contributed by atoms with Crippen LogP contribution >= 0.6 is 0 Å². The summed E-state index contributed by atoms with van der Waals surface area (Å²) >= 11 is 0. The predicted octanol–water partition coefficient (Wildman–Crippen LogP) is 4.27. The molecule has 4 atom stereocenters. The van der Waals surface area contributed by atoms with E-state index in [2.05, 4.69) is 0 Å². The first-order chi connectivity index (χ1) is 13.5. The number of fused-ring (bicyclic) bond motifs is 2. The Labute approximate surface area is 164 Å². The number of carbonyl (C=O) groups is 3. The van der Waals surface area contributed by atoms with Gasteiger partial charge < -0.3 is 4.74 Å². The number of hydrogen-bond acceptors (Lipinski definition) is 4. The summed E-state index contributed by atoms with van der Waals surface area (Å²) in [6.45, 7) is 1.68. The quantitative estimate of drug-likeness (QED) is 0.558. The summed E-state index contributed by atoms with van der Waals surface area (Å²) in [5, 5.41) is 0. The fraction of sp³-hybridized carbons (Fsp3) is 0.375. The molecular weight excluding hydrogens is 352 g/mol. The zero-order chi connectivity index (χ0) is 19.7. The van der Waals surface area contributed by atoms with Gasteiger partial charge in [0.25, 0.3) is 0 Å². The fourth-order valence-corrected chi connectivity index (χ4v) is 4.86. The summed E-state index contributed by atoms with van der Waals surface area (Å²) in [6.07, 6.45) is 2.84. The number of carbonyl (C=O) groups excluding carboxylic acids is 3. The molecule has 2 aromatic rings. The van der Waals surface area contributed by atoms with Crippen molar-refractivity contribution < 1.29 is 19.1 Å². The summed E-state index contributed by atoms with van der Waals surface area (Å²) in [5.41, 5.74) is 2.25. The number of esters is 1. The second-order valence-corrected chi connectivity index (χ2v) is 8.01. The topological polar surface area (TPSA) is 60.4 Å². The Hall–Kier alpha value is -2.75. The minimum absolute atomic E-state index is 0.0274. The van der Waals surface area contributed by atoms with Crippen LogP contribution in [-0.2, 0) is 9.53 Å². The molecule has 2 bridgehead atoms. The Bertz CT molecular complexity index is 885. The average Bonchev–Trinajstić information content (AvgIpc) is 3.34. The van der Waals surface area contributed by atoms with E-state index in [4.69, 9.17) is 4.74 Å². The normalized spacial score (nSPS) is 25.5. The lowest BCUT2D eigenvalue weighted by atomic mass is 9.75. The minimum Gasteiger partial charge on any atom is -0.457 e. The molecule has 2 aliphatic rings. The third-order valence-corrected chi connectivity index (χ3v) is 6.27. The summed E-state index contributed by atoms with van der Waals surface area (Å²) in [7, 11) is 0. The highest BCUT2D eigenvalue weighted by Gasteiger charge is 2.54. The maximum Gasteiger partial charge on any atom is 0.310 e. The molecule has 0 N–H and O–H groups in total. The molecule has 2 fully saturated rings. The fourth-order valence-electron chi connectivity index (χ4n) is 4.86. The van der Waals surface area contributed by atoms with E-state index < -0.39 is 11.9 Å². The standard InChI is InChI=1S/C24H24O4/c1-15-7-9-16(10-8-15)20(25)14-28-24(27)22-19-12-11-18(13-19)21(22)23(26)17-5-3-2-4-6-17/h2-10,18-19,21-22H,11-14H2,1H3/t18-,19-,21+,22+/m1/s1. The number of ether oxygens (including phenoxy) is 1. The van der Waals surface area contributed by atoms with E-state index in [-0.39, 0.29) is 35.9 Å². The molecule has 0 radical (unpaired) electrons. The maximum atomic E-state index is 13.1. The molecule has 0 saturated heterocycles. The van der Waals surface area contributed by atoms with E-state index in [1.807, 2.05) is 37.3 Å². The largest absolute Gasteiger partial charge is 0.457 e. The van der Waals surface area contributed by atoms with Crippen LogP contribution in [0.2, 0.25) is 0 Å². The number of aryl methyl sites for hydroxylation is 1. The molecule has 0 heterocycles. The number of Topliss-reactive ketones (excluding diaryl/α,β-unsaturated/α-hetero) is 2. The second-order valence-electron chi connectivity index (χ2n) is 8.01. The molecule has 0 aromatic heterocycles. The molecule has 0 unspecified atom stereocenters. The molecule has 2 aliphatic carbocycles. The van der Waals surface area contributed by atoms with Crippen molar-refractivity contribution in [2.45, 2.75) is 26.2 Å². The van der Waals surface area contributed by atoms with Crippen LogP contribution in [-0.4, -0.2) is 24.1 Å². The van der Waals surface area contributed by atoms with Crippen molar-refractivity contribution in [2.75, 3.05) is 6.61 Å². The Morgan fingerprint density at radius 2 is 1.50 bits per heavy atom. The monoisotopic (exact) mass is 376 g/mol. The van der Waals surface area contributed by atoms with Gasteiger partial charge in [-0.25, -0.2) is 0 Å². The maximum absolute atomic E-state index is 13.1. The number of hydrogen-bond donors (Lipinski definition) is 0. The van der Waals surface area contributed by atoms with Crippen molar-refractivity contribution in [1.82, 2.24) is 0 Å². The van der Waals surface area contributed by atoms with Gasteiger partial charge in [0.1, 0.15) is 0 Å². The highest BCUT2D eigenvalue weighted by atomic mass is 16.5. The van der Waals surface area contributed by atoms with Crippen LogP contribution in [0.1, 0.15) is 45.5 Å². The molecule has 2 aromatic carbocycles. The predicted molar refractivity (Wildman–Crippen MR) is 105 cm³/mol. The number of benzene rings is 2. The van der Waals surface area contributed by atoms with Crippen molar-refractivity contribution >= 4 is 17.5 Å². The van der Waals surface area contributed by atoms with Crippen LogP contribution in [0.25, 0.3) is 0 Å². The van der Waals surface area contributed by atoms with E-state index >= 15 is 0 Å². The summed E-state index contributed by atoms with van der Waals surface area (Å²) in [5.74, 6) is -0.933. The lowest BCUT2D eigenvalue weighted by Crippen LogP contribution is -2.36. The minimum atomic E-state index is -0.433. The lowest BCUT2D eigenvalue weighted by Gasteiger charge is -2.28. The SMILES string of the molecule is Cc1ccc(C(=O)COC(=O)[C@H]2[C@@H]3CC[C@H](C3)[C@@H]2C(=O)c2ccccc2)cc1. The Morgan fingerprint density at radius 3 is 2.18 bits per heavy atom. The zero-order valence-corrected chi connectivity index (χ0v) is 16.0. The first kappa shape index (κ1) is 18.6. The van der Waals surface area contributed by atoms with Gasteiger partial charge in [0, 0.05) is 17.0 Å². The van der Waals surface area contributed by atoms with Gasteiger partial charge in [-0.3, -0.25) is 14.4 Å². The smallest absolute Gasteiger partial charge is 0.310 e. The van der Waals surface area contributed by atoms with Gasteiger partial charge in [-0.05, 0) is 38.0 Å². The van der Waals surface area contributed by atoms with Gasteiger partial charge in [0.05, 0.1) is 5.92 Å². The van der Waals surface area contributed by atoms with Crippen LogP contribution in [0.4, 0.5) is 0 Å². The van der Waals surface area contributed by atoms with Crippen molar-refractivity contribution in [2.24, 2.45) is 23.7 Å².